The number of aromatic nitrogens is 6. The monoisotopic (exact) mass is 552 g/mol. The molecule has 6 rings (SSSR count). The van der Waals surface area contributed by atoms with E-state index in [1.165, 1.54) is 21.8 Å². The maximum absolute atomic E-state index is 13.6. The first-order chi connectivity index (χ1) is 19.0. The Morgan fingerprint density at radius 1 is 1.23 bits per heavy atom. The molecule has 2 aliphatic rings. The molecule has 0 bridgehead atoms. The number of aliphatic hydroxyl groups is 1. The molecule has 14 heteroatoms. The number of ether oxygens (including phenoxy) is 1. The molecule has 1 saturated heterocycles. The van der Waals surface area contributed by atoms with E-state index in [0.717, 1.165) is 23.4 Å². The minimum Gasteiger partial charge on any atom is -0.382 e. The van der Waals surface area contributed by atoms with Gasteiger partial charge in [0.25, 0.3) is 5.91 Å². The van der Waals surface area contributed by atoms with Crippen molar-refractivity contribution in [3.05, 3.63) is 65.9 Å². The van der Waals surface area contributed by atoms with Gasteiger partial charge in [-0.25, -0.2) is 9.67 Å². The van der Waals surface area contributed by atoms with Crippen LogP contribution >= 0.6 is 0 Å². The summed E-state index contributed by atoms with van der Waals surface area (Å²) in [6, 6.07) is 7.91. The average molecular weight is 553 g/mol. The highest BCUT2D eigenvalue weighted by molar-refractivity contribution is 6.12. The molecule has 2 N–H and O–H groups in total. The lowest BCUT2D eigenvalue weighted by Crippen LogP contribution is -2.58. The maximum atomic E-state index is 13.6. The number of aliphatic imine (C=N–C) groups is 1. The highest BCUT2D eigenvalue weighted by Gasteiger charge is 2.45. The average Bonchev–Trinajstić information content (AvgIpc) is 3.69. The van der Waals surface area contributed by atoms with Gasteiger partial charge in [0.2, 0.25) is 0 Å². The number of carbonyl (C=O) groups is 1. The van der Waals surface area contributed by atoms with Gasteiger partial charge in [-0.2, -0.15) is 18.3 Å². The van der Waals surface area contributed by atoms with E-state index in [1.54, 1.807) is 20.1 Å². The van der Waals surface area contributed by atoms with Crippen LogP contribution in [0.2, 0.25) is 0 Å². The van der Waals surface area contributed by atoms with Gasteiger partial charge < -0.3 is 14.8 Å². The molecule has 206 valence electrons. The summed E-state index contributed by atoms with van der Waals surface area (Å²) in [4.78, 5) is 26.7. The highest BCUT2D eigenvalue weighted by Crippen LogP contribution is 2.33. The number of amides is 1. The number of hydrogen-bond acceptors (Lipinski definition) is 8. The molecule has 2 aliphatic heterocycles. The van der Waals surface area contributed by atoms with Crippen molar-refractivity contribution in [2.45, 2.75) is 37.8 Å². The topological polar surface area (TPSA) is 134 Å². The number of nitrogens with zero attached hydrogens (tertiary/aromatic N) is 7. The third kappa shape index (κ3) is 4.75. The van der Waals surface area contributed by atoms with Gasteiger partial charge in [-0.1, -0.05) is 12.1 Å². The van der Waals surface area contributed by atoms with Crippen LogP contribution in [0.15, 0.2) is 53.8 Å². The molecule has 5 heterocycles. The largest absolute Gasteiger partial charge is 0.435 e. The number of fused-ring (bicyclic) bond motifs is 1. The molecular weight excluding hydrogens is 529 g/mol. The molecule has 4 aromatic rings. The Hall–Kier alpha value is -4.43. The Balaban J connectivity index is 1.28. The smallest absolute Gasteiger partial charge is 0.382 e. The van der Waals surface area contributed by atoms with Crippen LogP contribution in [0.3, 0.4) is 0 Å². The van der Waals surface area contributed by atoms with E-state index in [2.05, 4.69) is 30.3 Å². The standard InChI is InChI=1S/C26H23F3N8O3/c1-25(2)13-36(20-6-8-37(35-20)16-10-19(26(27,28)29)34-31-12-16)24(39)22(40-25)21(38)23-32-17-4-3-14(9-18(17)33-23)15-5-7-30-11-15/h3-6,8-12,21-22,38H,7,13H2,1-2H3,(H,32,33)/t21-,22-/m1/s1. The zero-order chi connectivity index (χ0) is 28.2. The van der Waals surface area contributed by atoms with Crippen molar-refractivity contribution in [2.24, 2.45) is 4.99 Å². The second kappa shape index (κ2) is 9.34. The van der Waals surface area contributed by atoms with E-state index in [9.17, 15) is 23.1 Å². The fraction of sp³-hybridized carbons (Fsp3) is 0.308. The number of halogens is 3. The normalized spacial score (nSPS) is 19.9. The zero-order valence-electron chi connectivity index (χ0n) is 21.3. The fourth-order valence-corrected chi connectivity index (χ4v) is 4.70. The van der Waals surface area contributed by atoms with E-state index in [0.29, 0.717) is 17.6 Å². The lowest BCUT2D eigenvalue weighted by atomic mass is 10.0. The molecule has 2 atom stereocenters. The number of allylic oxidation sites excluding steroid dienone is 1. The van der Waals surface area contributed by atoms with Gasteiger partial charge in [0.1, 0.15) is 11.9 Å². The number of H-pyrrole nitrogens is 1. The number of benzene rings is 1. The summed E-state index contributed by atoms with van der Waals surface area (Å²) in [5.41, 5.74) is 1.17. The lowest BCUT2D eigenvalue weighted by molar-refractivity contribution is -0.166. The summed E-state index contributed by atoms with van der Waals surface area (Å²) in [7, 11) is 0. The number of nitrogens with one attached hydrogen (secondary N) is 1. The van der Waals surface area contributed by atoms with Gasteiger partial charge >= 0.3 is 6.18 Å². The van der Waals surface area contributed by atoms with Gasteiger partial charge in [-0.3, -0.25) is 14.7 Å². The van der Waals surface area contributed by atoms with Crippen molar-refractivity contribution in [1.82, 2.24) is 29.9 Å². The van der Waals surface area contributed by atoms with Crippen LogP contribution < -0.4 is 4.90 Å². The van der Waals surface area contributed by atoms with Crippen molar-refractivity contribution in [3.63, 3.8) is 0 Å². The minimum atomic E-state index is -4.67. The number of aromatic amines is 1. The Bertz CT molecular complexity index is 1670. The number of imidazole rings is 1. The van der Waals surface area contributed by atoms with Gasteiger partial charge in [0, 0.05) is 18.5 Å². The predicted molar refractivity (Wildman–Crippen MR) is 138 cm³/mol. The quantitative estimate of drug-likeness (QED) is 0.388. The van der Waals surface area contributed by atoms with Gasteiger partial charge in [-0.15, -0.1) is 10.2 Å². The van der Waals surface area contributed by atoms with Crippen LogP contribution in [0, 0.1) is 0 Å². The summed E-state index contributed by atoms with van der Waals surface area (Å²) < 4.78 is 46.4. The van der Waals surface area contributed by atoms with Crippen LogP contribution in [-0.2, 0) is 15.7 Å². The van der Waals surface area contributed by atoms with E-state index >= 15 is 0 Å². The van der Waals surface area contributed by atoms with Crippen LogP contribution in [-0.4, -0.2) is 72.0 Å². The summed E-state index contributed by atoms with van der Waals surface area (Å²) in [6.07, 6.45) is -1.09. The molecule has 1 aromatic carbocycles. The number of aliphatic hydroxyl groups excluding tert-OH is 1. The van der Waals surface area contributed by atoms with Crippen LogP contribution in [0.1, 0.15) is 37.0 Å². The van der Waals surface area contributed by atoms with Crippen LogP contribution in [0.5, 0.6) is 0 Å². The van der Waals surface area contributed by atoms with E-state index < -0.39 is 35.6 Å². The molecule has 40 heavy (non-hydrogen) atoms. The Labute approximate surface area is 225 Å². The van der Waals surface area contributed by atoms with E-state index in [4.69, 9.17) is 4.74 Å². The second-order valence-corrected chi connectivity index (χ2v) is 10.1. The van der Waals surface area contributed by atoms with E-state index in [1.807, 2.05) is 24.3 Å². The zero-order valence-corrected chi connectivity index (χ0v) is 21.3. The van der Waals surface area contributed by atoms with Crippen molar-refractivity contribution < 1.29 is 27.8 Å². The molecule has 0 radical (unpaired) electrons. The first kappa shape index (κ1) is 25.8. The molecular formula is C26H23F3N8O3. The summed E-state index contributed by atoms with van der Waals surface area (Å²) in [5.74, 6) is -0.246. The number of alkyl halides is 3. The van der Waals surface area contributed by atoms with Crippen molar-refractivity contribution in [2.75, 3.05) is 18.0 Å². The van der Waals surface area contributed by atoms with Crippen LogP contribution in [0.25, 0.3) is 22.3 Å². The van der Waals surface area contributed by atoms with Crippen LogP contribution in [0.4, 0.5) is 19.0 Å². The maximum Gasteiger partial charge on any atom is 0.435 e. The molecule has 11 nitrogen and oxygen atoms in total. The second-order valence-electron chi connectivity index (χ2n) is 10.1. The van der Waals surface area contributed by atoms with Gasteiger partial charge in [0.05, 0.1) is 41.6 Å². The van der Waals surface area contributed by atoms with E-state index in [-0.39, 0.29) is 23.9 Å². The van der Waals surface area contributed by atoms with Crippen molar-refractivity contribution >= 4 is 34.5 Å². The number of hydrogen-bond donors (Lipinski definition) is 2. The Morgan fingerprint density at radius 2 is 2.05 bits per heavy atom. The SMILES string of the molecule is CC1(C)CN(c2ccn(-c3cnnc(C(F)(F)F)c3)n2)C(=O)[C@@H]([C@@H](O)c2nc3ccc(C4=CCN=C4)cc3[nH]2)O1. The molecule has 0 unspecified atom stereocenters. The first-order valence-electron chi connectivity index (χ1n) is 12.3. The Kier molecular flexibility index (Phi) is 6.03. The van der Waals surface area contributed by atoms with Gasteiger partial charge in [-0.05, 0) is 43.2 Å². The minimum absolute atomic E-state index is 0.0198. The van der Waals surface area contributed by atoms with Crippen molar-refractivity contribution in [1.29, 1.82) is 0 Å². The Morgan fingerprint density at radius 3 is 2.80 bits per heavy atom. The number of carbonyl (C=O) groups excluding carboxylic acids is 1. The molecule has 0 spiro atoms. The number of rotatable bonds is 5. The summed E-state index contributed by atoms with van der Waals surface area (Å²) >= 11 is 0. The fourth-order valence-electron chi connectivity index (χ4n) is 4.70. The molecule has 0 saturated carbocycles. The molecule has 1 amide bonds. The van der Waals surface area contributed by atoms with Gasteiger partial charge in [0.15, 0.2) is 17.6 Å². The molecule has 1 fully saturated rings. The third-order valence-corrected chi connectivity index (χ3v) is 6.59. The van der Waals surface area contributed by atoms with Crippen molar-refractivity contribution in [3.8, 4) is 5.69 Å². The highest BCUT2D eigenvalue weighted by atomic mass is 19.4. The summed E-state index contributed by atoms with van der Waals surface area (Å²) in [6.45, 7) is 4.23. The molecule has 0 aliphatic carbocycles. The molecule has 3 aromatic heterocycles. The lowest BCUT2D eigenvalue weighted by Gasteiger charge is -2.42. The first-order valence-corrected chi connectivity index (χ1v) is 12.3. The third-order valence-electron chi connectivity index (χ3n) is 6.59. The predicted octanol–water partition coefficient (Wildman–Crippen LogP) is 3.27. The number of anilines is 1. The summed E-state index contributed by atoms with van der Waals surface area (Å²) in [5, 5.41) is 22.1. The number of morpholine rings is 1.